The second-order valence-corrected chi connectivity index (χ2v) is 10.4. The van der Waals surface area contributed by atoms with E-state index < -0.39 is 34.3 Å². The van der Waals surface area contributed by atoms with Crippen LogP contribution in [0.5, 0.6) is 0 Å². The molecule has 0 aromatic heterocycles. The van der Waals surface area contributed by atoms with E-state index in [1.807, 2.05) is 20.8 Å². The van der Waals surface area contributed by atoms with E-state index in [2.05, 4.69) is 0 Å². The van der Waals surface area contributed by atoms with Crippen LogP contribution in [0, 0.1) is 5.41 Å². The molecule has 10 heteroatoms. The van der Waals surface area contributed by atoms with Gasteiger partial charge in [0.05, 0.1) is 41.7 Å². The lowest BCUT2D eigenvalue weighted by Crippen LogP contribution is -2.42. The number of ether oxygens (including phenoxy) is 1. The van der Waals surface area contributed by atoms with E-state index in [1.165, 1.54) is 4.90 Å². The highest BCUT2D eigenvalue weighted by Gasteiger charge is 2.40. The molecule has 1 amide bonds. The monoisotopic (exact) mass is 453 g/mol. The molecule has 0 radical (unpaired) electrons. The number of rotatable bonds is 4. The Morgan fingerprint density at radius 1 is 1.29 bits per heavy atom. The van der Waals surface area contributed by atoms with Gasteiger partial charge in [-0.25, -0.2) is 4.79 Å². The van der Waals surface area contributed by atoms with Crippen molar-refractivity contribution in [1.82, 2.24) is 4.90 Å². The molecule has 1 saturated heterocycles. The number of carboxylic acid groups (broad SMARTS) is 1. The maximum atomic E-state index is 11.8. The predicted octanol–water partition coefficient (Wildman–Crippen LogP) is 3.85. The molecule has 1 heterocycles. The second-order valence-electron chi connectivity index (χ2n) is 7.99. The molecule has 0 bridgehead atoms. The minimum Gasteiger partial charge on any atom is -0.465 e. The molecule has 0 aliphatic carbocycles. The molecule has 0 unspecified atom stereocenters. The fourth-order valence-electron chi connectivity index (χ4n) is 3.02. The molecule has 7 nitrogen and oxygen atoms in total. The number of benzene rings is 1. The summed E-state index contributed by atoms with van der Waals surface area (Å²) in [5, 5.41) is 10.3. The summed E-state index contributed by atoms with van der Waals surface area (Å²) in [4.78, 5) is 13.1. The van der Waals surface area contributed by atoms with Gasteiger partial charge in [0.1, 0.15) is 0 Å². The summed E-state index contributed by atoms with van der Waals surface area (Å²) in [6, 6.07) is 4.99. The molecular weight excluding hydrogens is 429 g/mol. The van der Waals surface area contributed by atoms with Gasteiger partial charge in [-0.05, 0) is 23.1 Å². The van der Waals surface area contributed by atoms with Crippen LogP contribution in [0.15, 0.2) is 18.2 Å². The summed E-state index contributed by atoms with van der Waals surface area (Å²) < 4.78 is 34.3. The van der Waals surface area contributed by atoms with Gasteiger partial charge >= 0.3 is 6.09 Å². The Hall–Kier alpha value is -1.06. The third kappa shape index (κ3) is 6.22. The summed E-state index contributed by atoms with van der Waals surface area (Å²) in [5.74, 6) is -0.486. The summed E-state index contributed by atoms with van der Waals surface area (Å²) in [7, 11) is -3.70. The fraction of sp³-hybridized carbons (Fsp3) is 0.611. The SMILES string of the molecule is CC(C)(C)[C@H]1CN(C(=O)O)C[C@H](c2ccc(Cl)c(Cl)c2)[C@H](COS(C)(=O)=O)O1. The summed E-state index contributed by atoms with van der Waals surface area (Å²) in [6.45, 7) is 5.84. The molecule has 0 saturated carbocycles. The van der Waals surface area contributed by atoms with Crippen molar-refractivity contribution in [3.8, 4) is 0 Å². The van der Waals surface area contributed by atoms with Crippen LogP contribution in [0.25, 0.3) is 0 Å². The highest BCUT2D eigenvalue weighted by Crippen LogP contribution is 2.35. The zero-order valence-corrected chi connectivity index (χ0v) is 18.5. The first-order valence-electron chi connectivity index (χ1n) is 8.70. The maximum absolute atomic E-state index is 11.8. The van der Waals surface area contributed by atoms with E-state index in [0.29, 0.717) is 15.6 Å². The Morgan fingerprint density at radius 3 is 2.43 bits per heavy atom. The first-order chi connectivity index (χ1) is 12.8. The predicted molar refractivity (Wildman–Crippen MR) is 108 cm³/mol. The Bertz CT molecular complexity index is 824. The second kappa shape index (κ2) is 8.75. The maximum Gasteiger partial charge on any atom is 0.407 e. The average Bonchev–Trinajstić information content (AvgIpc) is 2.74. The van der Waals surface area contributed by atoms with Crippen LogP contribution >= 0.6 is 23.2 Å². The van der Waals surface area contributed by atoms with Crippen molar-refractivity contribution in [2.45, 2.75) is 38.9 Å². The van der Waals surface area contributed by atoms with E-state index in [4.69, 9.17) is 32.1 Å². The number of hydrogen-bond acceptors (Lipinski definition) is 5. The van der Waals surface area contributed by atoms with Gasteiger partial charge in [0.15, 0.2) is 0 Å². The standard InChI is InChI=1S/C18H25Cl2NO6S/c1-18(2,3)16-9-21(17(22)23)8-12(11-5-6-13(19)14(20)7-11)15(27-16)10-26-28(4,24)25/h5-7,12,15-16H,8-10H2,1-4H3,(H,22,23)/t12-,15+,16-/m1/s1. The summed E-state index contributed by atoms with van der Waals surface area (Å²) in [5.41, 5.74) is 0.320. The van der Waals surface area contributed by atoms with Gasteiger partial charge in [0.25, 0.3) is 10.1 Å². The van der Waals surface area contributed by atoms with Crippen LogP contribution < -0.4 is 0 Å². The van der Waals surface area contributed by atoms with Gasteiger partial charge in [-0.2, -0.15) is 8.42 Å². The zero-order valence-electron chi connectivity index (χ0n) is 16.2. The third-order valence-electron chi connectivity index (χ3n) is 4.65. The number of halogens is 2. The lowest BCUT2D eigenvalue weighted by molar-refractivity contribution is -0.0789. The van der Waals surface area contributed by atoms with Gasteiger partial charge in [0, 0.05) is 12.5 Å². The molecule has 1 aromatic rings. The Labute approximate surface area is 175 Å². The van der Waals surface area contributed by atoms with Gasteiger partial charge in [0.2, 0.25) is 0 Å². The highest BCUT2D eigenvalue weighted by atomic mass is 35.5. The smallest absolute Gasteiger partial charge is 0.407 e. The van der Waals surface area contributed by atoms with E-state index in [9.17, 15) is 18.3 Å². The molecule has 158 valence electrons. The van der Waals surface area contributed by atoms with Crippen molar-refractivity contribution in [3.63, 3.8) is 0 Å². The first kappa shape index (κ1) is 23.2. The minimum atomic E-state index is -3.70. The molecule has 1 N–H and O–H groups in total. The number of hydrogen-bond donors (Lipinski definition) is 1. The van der Waals surface area contributed by atoms with Gasteiger partial charge in [-0.3, -0.25) is 4.18 Å². The van der Waals surface area contributed by atoms with Crippen molar-refractivity contribution in [2.24, 2.45) is 5.41 Å². The van der Waals surface area contributed by atoms with Crippen LogP contribution in [-0.4, -0.2) is 62.7 Å². The molecule has 1 aromatic carbocycles. The molecule has 0 spiro atoms. The van der Waals surface area contributed by atoms with E-state index in [-0.39, 0.29) is 25.1 Å². The van der Waals surface area contributed by atoms with Crippen molar-refractivity contribution in [3.05, 3.63) is 33.8 Å². The van der Waals surface area contributed by atoms with E-state index >= 15 is 0 Å². The topological polar surface area (TPSA) is 93.1 Å². The number of amides is 1. The van der Waals surface area contributed by atoms with Crippen LogP contribution in [0.3, 0.4) is 0 Å². The van der Waals surface area contributed by atoms with Gasteiger partial charge < -0.3 is 14.7 Å². The Kier molecular flexibility index (Phi) is 7.26. The van der Waals surface area contributed by atoms with Crippen LogP contribution in [0.1, 0.15) is 32.3 Å². The van der Waals surface area contributed by atoms with Gasteiger partial charge in [-0.15, -0.1) is 0 Å². The summed E-state index contributed by atoms with van der Waals surface area (Å²) >= 11 is 12.1. The molecular formula is C18H25Cl2NO6S. The van der Waals surface area contributed by atoms with Crippen molar-refractivity contribution >= 4 is 39.4 Å². The largest absolute Gasteiger partial charge is 0.465 e. The van der Waals surface area contributed by atoms with Crippen molar-refractivity contribution < 1.29 is 27.2 Å². The number of carbonyl (C=O) groups is 1. The van der Waals surface area contributed by atoms with E-state index in [0.717, 1.165) is 6.26 Å². The first-order valence-corrected chi connectivity index (χ1v) is 11.3. The lowest BCUT2D eigenvalue weighted by Gasteiger charge is -2.33. The van der Waals surface area contributed by atoms with Crippen LogP contribution in [-0.2, 0) is 19.0 Å². The molecule has 2 rings (SSSR count). The Morgan fingerprint density at radius 2 is 1.93 bits per heavy atom. The van der Waals surface area contributed by atoms with Gasteiger partial charge in [-0.1, -0.05) is 50.0 Å². The summed E-state index contributed by atoms with van der Waals surface area (Å²) in [6.07, 6.45) is -1.26. The zero-order chi connectivity index (χ0) is 21.3. The molecule has 1 aliphatic heterocycles. The van der Waals surface area contributed by atoms with Crippen LogP contribution in [0.4, 0.5) is 4.79 Å². The van der Waals surface area contributed by atoms with Crippen LogP contribution in [0.2, 0.25) is 10.0 Å². The normalized spacial score (nSPS) is 24.1. The Balaban J connectivity index is 2.47. The lowest BCUT2D eigenvalue weighted by atomic mass is 9.88. The van der Waals surface area contributed by atoms with Crippen molar-refractivity contribution in [1.29, 1.82) is 0 Å². The molecule has 3 atom stereocenters. The fourth-order valence-corrected chi connectivity index (χ4v) is 3.71. The number of nitrogens with zero attached hydrogens (tertiary/aromatic N) is 1. The van der Waals surface area contributed by atoms with Crippen molar-refractivity contribution in [2.75, 3.05) is 26.0 Å². The quantitative estimate of drug-likeness (QED) is 0.695. The molecule has 28 heavy (non-hydrogen) atoms. The molecule has 1 fully saturated rings. The average molecular weight is 454 g/mol. The minimum absolute atomic E-state index is 0.109. The third-order valence-corrected chi connectivity index (χ3v) is 5.95. The van der Waals surface area contributed by atoms with E-state index in [1.54, 1.807) is 18.2 Å². The highest BCUT2D eigenvalue weighted by molar-refractivity contribution is 7.85. The molecule has 1 aliphatic rings.